The molecule has 3 nitrogen and oxygen atoms in total. The number of alkyl halides is 3. The largest absolute Gasteiger partial charge is 0.416 e. The first-order valence-corrected chi connectivity index (χ1v) is 11.7. The van der Waals surface area contributed by atoms with Crippen molar-refractivity contribution < 1.29 is 31.7 Å². The average molecular weight is 497 g/mol. The summed E-state index contributed by atoms with van der Waals surface area (Å²) in [6.07, 6.45) is -18.0. The Morgan fingerprint density at radius 1 is 1.11 bits per heavy atom. The fourth-order valence-corrected chi connectivity index (χ4v) is 4.01. The molecule has 4 rings (SSSR count). The van der Waals surface area contributed by atoms with Crippen molar-refractivity contribution >= 4 is 5.71 Å². The number of aryl methyl sites for hydroxylation is 1. The van der Waals surface area contributed by atoms with Gasteiger partial charge in [-0.2, -0.15) is 13.2 Å². The average Bonchev–Trinajstić information content (AvgIpc) is 2.92. The van der Waals surface area contributed by atoms with E-state index in [0.717, 1.165) is 43.2 Å². The van der Waals surface area contributed by atoms with Crippen LogP contribution in [0.2, 0.25) is 0 Å². The zero-order valence-electron chi connectivity index (χ0n) is 30.1. The summed E-state index contributed by atoms with van der Waals surface area (Å²) < 4.78 is 127. The van der Waals surface area contributed by atoms with E-state index in [1.807, 2.05) is 25.1 Å². The van der Waals surface area contributed by atoms with Crippen LogP contribution in [0.1, 0.15) is 106 Å². The normalized spacial score (nSPS) is 35.8. The van der Waals surface area contributed by atoms with Gasteiger partial charge in [-0.25, -0.2) is 0 Å². The van der Waals surface area contributed by atoms with Crippen molar-refractivity contribution in [3.05, 3.63) is 69.8 Å². The van der Waals surface area contributed by atoms with Crippen molar-refractivity contribution in [2.45, 2.75) is 84.3 Å². The van der Waals surface area contributed by atoms with Gasteiger partial charge in [0.1, 0.15) is 6.61 Å². The third kappa shape index (κ3) is 6.46. The number of rotatable bonds is 8. The monoisotopic (exact) mass is 496 g/mol. The number of halogens is 3. The topological polar surface area (TPSA) is 24.8 Å². The summed E-state index contributed by atoms with van der Waals surface area (Å²) in [5.74, 6) is -6.86. The fourth-order valence-electron chi connectivity index (χ4n) is 4.01. The van der Waals surface area contributed by atoms with E-state index in [-0.39, 0.29) is 5.56 Å². The van der Waals surface area contributed by atoms with E-state index in [2.05, 4.69) is 10.1 Å². The van der Waals surface area contributed by atoms with Gasteiger partial charge in [0, 0.05) is 20.3 Å². The van der Waals surface area contributed by atoms with Gasteiger partial charge in [-0.3, -0.25) is 4.90 Å². The molecule has 6 heteroatoms. The Kier molecular flexibility index (Phi) is 5.00. The van der Waals surface area contributed by atoms with E-state index >= 15 is 0 Å². The first-order valence-electron chi connectivity index (χ1n) is 16.7. The van der Waals surface area contributed by atoms with E-state index < -0.39 is 61.2 Å². The minimum absolute atomic E-state index is 0.0985. The Labute approximate surface area is 221 Å². The Balaban J connectivity index is 1.67. The van der Waals surface area contributed by atoms with Gasteiger partial charge in [-0.05, 0) is 97.3 Å². The highest BCUT2D eigenvalue weighted by Gasteiger charge is 2.36. The molecular weight excluding hydrogens is 449 g/mol. The maximum atomic E-state index is 14.5. The number of nitrogens with zero attached hydrogens (tertiary/aromatic N) is 2. The van der Waals surface area contributed by atoms with Crippen molar-refractivity contribution in [1.82, 2.24) is 4.90 Å². The van der Waals surface area contributed by atoms with Crippen molar-refractivity contribution in [3.8, 4) is 0 Å². The van der Waals surface area contributed by atoms with Crippen LogP contribution in [-0.4, -0.2) is 23.7 Å². The van der Waals surface area contributed by atoms with Crippen LogP contribution in [0.15, 0.2) is 41.6 Å². The lowest BCUT2D eigenvalue weighted by atomic mass is 9.78. The van der Waals surface area contributed by atoms with Crippen LogP contribution in [0, 0.1) is 5.89 Å². The minimum Gasteiger partial charge on any atom is -0.391 e. The highest BCUT2D eigenvalue weighted by atomic mass is 19.4. The van der Waals surface area contributed by atoms with Gasteiger partial charge in [0.25, 0.3) is 0 Å². The standard InChI is InChI=1S/C29H37F3N2O/c1-4-23-17-25(11-12-26(23)18-34-14-5-15-34)21(3)33-35-19-22-8-13-27(28(16-22)29(30,31)32)24-9-6-20(2)7-10-24/h8,11-13,16-17,20,24H,4-7,9-10,14-15,18-19H2,1-3H3/b33-21+/i6D2,7D2,9D2,10D2,20D,24D. The Bertz CT molecular complexity index is 1440. The Hall–Kier alpha value is -2.34. The molecule has 1 aliphatic carbocycles. The van der Waals surface area contributed by atoms with E-state index in [1.54, 1.807) is 6.92 Å². The first kappa shape index (κ1) is 15.7. The molecule has 1 saturated heterocycles. The predicted octanol–water partition coefficient (Wildman–Crippen LogP) is 7.71. The number of hydrogen-bond donors (Lipinski definition) is 0. The predicted molar refractivity (Wildman–Crippen MR) is 135 cm³/mol. The molecule has 0 unspecified atom stereocenters. The van der Waals surface area contributed by atoms with Crippen LogP contribution in [0.3, 0.4) is 0 Å². The second-order valence-corrected chi connectivity index (χ2v) is 8.79. The lowest BCUT2D eigenvalue weighted by Crippen LogP contribution is -2.36. The molecule has 2 aromatic rings. The molecule has 0 aromatic heterocycles. The lowest BCUT2D eigenvalue weighted by molar-refractivity contribution is -0.138. The smallest absolute Gasteiger partial charge is 0.391 e. The molecule has 35 heavy (non-hydrogen) atoms. The molecule has 2 aromatic carbocycles. The van der Waals surface area contributed by atoms with E-state index in [1.165, 1.54) is 12.0 Å². The van der Waals surface area contributed by atoms with Crippen molar-refractivity contribution in [2.24, 2.45) is 11.0 Å². The second-order valence-electron chi connectivity index (χ2n) is 8.79. The van der Waals surface area contributed by atoms with E-state index in [9.17, 15) is 13.2 Å². The third-order valence-corrected chi connectivity index (χ3v) is 6.19. The summed E-state index contributed by atoms with van der Waals surface area (Å²) in [6, 6.07) is 8.16. The molecule has 190 valence electrons. The molecular formula is C29H37F3N2O. The van der Waals surface area contributed by atoms with E-state index in [4.69, 9.17) is 18.5 Å². The zero-order valence-corrected chi connectivity index (χ0v) is 20.1. The summed E-state index contributed by atoms with van der Waals surface area (Å²) in [6.45, 7) is 6.89. The van der Waals surface area contributed by atoms with Gasteiger partial charge in [0.05, 0.1) is 11.3 Å². The molecule has 1 saturated carbocycles. The molecule has 0 atom stereocenters. The van der Waals surface area contributed by atoms with Crippen LogP contribution in [-0.2, 0) is 30.6 Å². The fraction of sp³-hybridized carbons (Fsp3) is 0.552. The molecule has 2 aliphatic rings. The van der Waals surface area contributed by atoms with Crippen LogP contribution in [0.4, 0.5) is 13.2 Å². The highest BCUT2D eigenvalue weighted by molar-refractivity contribution is 5.98. The Morgan fingerprint density at radius 3 is 2.49 bits per heavy atom. The van der Waals surface area contributed by atoms with Gasteiger partial charge >= 0.3 is 6.18 Å². The third-order valence-electron chi connectivity index (χ3n) is 6.19. The number of likely N-dealkylation sites (tertiary alicyclic amines) is 1. The summed E-state index contributed by atoms with van der Waals surface area (Å²) in [7, 11) is 0. The van der Waals surface area contributed by atoms with Gasteiger partial charge < -0.3 is 4.84 Å². The molecule has 0 radical (unpaired) electrons. The molecule has 1 heterocycles. The first-order chi connectivity index (χ1) is 20.5. The van der Waals surface area contributed by atoms with Gasteiger partial charge in [0.15, 0.2) is 0 Å². The van der Waals surface area contributed by atoms with Crippen LogP contribution >= 0.6 is 0 Å². The summed E-state index contributed by atoms with van der Waals surface area (Å²) >= 11 is 0. The van der Waals surface area contributed by atoms with Gasteiger partial charge in [-0.15, -0.1) is 0 Å². The zero-order chi connectivity index (χ0) is 34.0. The van der Waals surface area contributed by atoms with Crippen molar-refractivity contribution in [2.75, 3.05) is 13.1 Å². The summed E-state index contributed by atoms with van der Waals surface area (Å²) in [5.41, 5.74) is 0.573. The van der Waals surface area contributed by atoms with Crippen molar-refractivity contribution in [1.29, 1.82) is 0 Å². The van der Waals surface area contributed by atoms with Crippen molar-refractivity contribution in [3.63, 3.8) is 0 Å². The number of benzene rings is 2. The molecule has 2 fully saturated rings. The van der Waals surface area contributed by atoms with Gasteiger partial charge in [0.2, 0.25) is 0 Å². The molecule has 0 amide bonds. The summed E-state index contributed by atoms with van der Waals surface area (Å²) in [5, 5.41) is 4.05. The van der Waals surface area contributed by atoms with Gasteiger partial charge in [-0.1, -0.05) is 56.0 Å². The van der Waals surface area contributed by atoms with E-state index in [0.29, 0.717) is 24.8 Å². The summed E-state index contributed by atoms with van der Waals surface area (Å²) in [4.78, 5) is 7.70. The quantitative estimate of drug-likeness (QED) is 0.276. The molecule has 0 N–H and O–H groups in total. The SMILES string of the molecule is [2H]C1([2H])C([2H])([2H])C([2H])(c2ccc(CO/N=C(\C)c3ccc(CN4CCC4)c(CC)c3)cc2C(F)(F)F)C([2H])([2H])C([2H])([2H])C1([2H])C. The maximum Gasteiger partial charge on any atom is 0.416 e. The minimum atomic E-state index is -5.26. The maximum absolute atomic E-state index is 14.5. The molecule has 0 bridgehead atoms. The van der Waals surface area contributed by atoms with Crippen LogP contribution in [0.5, 0.6) is 0 Å². The highest BCUT2D eigenvalue weighted by Crippen LogP contribution is 2.42. The molecule has 0 spiro atoms. The number of hydrogen-bond acceptors (Lipinski definition) is 3. The lowest BCUT2D eigenvalue weighted by Gasteiger charge is -2.31. The number of oxime groups is 1. The van der Waals surface area contributed by atoms with Crippen LogP contribution in [0.25, 0.3) is 0 Å². The van der Waals surface area contributed by atoms with Crippen LogP contribution < -0.4 is 0 Å². The molecule has 1 aliphatic heterocycles. The second kappa shape index (κ2) is 11.2. The Morgan fingerprint density at radius 2 is 1.86 bits per heavy atom.